The minimum absolute atomic E-state index is 0.00194. The van der Waals surface area contributed by atoms with Crippen LogP contribution in [0.2, 0.25) is 0 Å². The van der Waals surface area contributed by atoms with Crippen molar-refractivity contribution in [3.05, 3.63) is 18.3 Å². The molecule has 4 N–H and O–H groups in total. The van der Waals surface area contributed by atoms with Gasteiger partial charge in [-0.2, -0.15) is 0 Å². The van der Waals surface area contributed by atoms with E-state index in [1.165, 1.54) is 18.3 Å². The zero-order valence-corrected chi connectivity index (χ0v) is 11.5. The molecule has 0 bridgehead atoms. The lowest BCUT2D eigenvalue weighted by Gasteiger charge is -2.26. The molecule has 0 unspecified atom stereocenters. The second kappa shape index (κ2) is 5.44. The summed E-state index contributed by atoms with van der Waals surface area (Å²) in [6.45, 7) is 0.234. The van der Waals surface area contributed by atoms with E-state index in [-0.39, 0.29) is 29.3 Å². The molecule has 7 heteroatoms. The Balaban J connectivity index is 2.12. The zero-order chi connectivity index (χ0) is 13.9. The zero-order valence-electron chi connectivity index (χ0n) is 10.7. The summed E-state index contributed by atoms with van der Waals surface area (Å²) in [6, 6.07) is 2.95. The first-order chi connectivity index (χ1) is 8.99. The fourth-order valence-electron chi connectivity index (χ4n) is 2.47. The number of aliphatic hydroxyl groups excluding tert-OH is 1. The van der Waals surface area contributed by atoms with Crippen LogP contribution in [0, 0.1) is 5.41 Å². The van der Waals surface area contributed by atoms with E-state index in [0.29, 0.717) is 0 Å². The molecule has 0 aliphatic heterocycles. The van der Waals surface area contributed by atoms with Gasteiger partial charge in [0.25, 0.3) is 0 Å². The van der Waals surface area contributed by atoms with Gasteiger partial charge in [0.1, 0.15) is 10.7 Å². The van der Waals surface area contributed by atoms with Crippen molar-refractivity contribution in [2.75, 3.05) is 18.9 Å². The first-order valence-corrected chi connectivity index (χ1v) is 7.78. The smallest absolute Gasteiger partial charge is 0.244 e. The van der Waals surface area contributed by atoms with Crippen LogP contribution >= 0.6 is 0 Å². The summed E-state index contributed by atoms with van der Waals surface area (Å²) in [5.41, 5.74) is 5.25. The van der Waals surface area contributed by atoms with Crippen molar-refractivity contribution in [3.8, 4) is 0 Å². The van der Waals surface area contributed by atoms with Crippen LogP contribution < -0.4 is 10.5 Å². The van der Waals surface area contributed by atoms with Crippen LogP contribution in [-0.4, -0.2) is 31.7 Å². The molecule has 0 radical (unpaired) electrons. The molecule has 19 heavy (non-hydrogen) atoms. The maximum absolute atomic E-state index is 12.2. The molecular weight excluding hydrogens is 266 g/mol. The highest BCUT2D eigenvalue weighted by Crippen LogP contribution is 2.37. The number of pyridine rings is 1. The van der Waals surface area contributed by atoms with Gasteiger partial charge >= 0.3 is 0 Å². The van der Waals surface area contributed by atoms with Crippen LogP contribution in [0.4, 0.5) is 5.82 Å². The van der Waals surface area contributed by atoms with E-state index < -0.39 is 10.0 Å². The van der Waals surface area contributed by atoms with Crippen molar-refractivity contribution in [1.82, 2.24) is 9.71 Å². The summed E-state index contributed by atoms with van der Waals surface area (Å²) in [6.07, 6.45) is 5.18. The van der Waals surface area contributed by atoms with Crippen LogP contribution in [0.3, 0.4) is 0 Å². The molecule has 1 aliphatic rings. The van der Waals surface area contributed by atoms with Gasteiger partial charge in [-0.05, 0) is 25.0 Å². The number of rotatable bonds is 5. The molecule has 6 nitrogen and oxygen atoms in total. The average Bonchev–Trinajstić information content (AvgIpc) is 2.86. The lowest BCUT2D eigenvalue weighted by Crippen LogP contribution is -2.38. The summed E-state index contributed by atoms with van der Waals surface area (Å²) in [7, 11) is -3.68. The highest BCUT2D eigenvalue weighted by molar-refractivity contribution is 7.89. The van der Waals surface area contributed by atoms with Crippen molar-refractivity contribution >= 4 is 15.8 Å². The molecule has 1 aliphatic carbocycles. The van der Waals surface area contributed by atoms with Crippen molar-refractivity contribution in [2.45, 2.75) is 30.6 Å². The normalized spacial score (nSPS) is 18.6. The number of nitrogens with zero attached hydrogens (tertiary/aromatic N) is 1. The molecule has 0 spiro atoms. The van der Waals surface area contributed by atoms with E-state index >= 15 is 0 Å². The van der Waals surface area contributed by atoms with Crippen LogP contribution in [0.1, 0.15) is 25.7 Å². The lowest BCUT2D eigenvalue weighted by molar-refractivity contribution is 0.134. The molecule has 0 saturated heterocycles. The van der Waals surface area contributed by atoms with Crippen LogP contribution in [0.15, 0.2) is 23.2 Å². The Morgan fingerprint density at radius 3 is 2.68 bits per heavy atom. The molecular formula is C12H19N3O3S. The Morgan fingerprint density at radius 1 is 1.42 bits per heavy atom. The van der Waals surface area contributed by atoms with Gasteiger partial charge < -0.3 is 10.8 Å². The third-order valence-corrected chi connectivity index (χ3v) is 5.17. The summed E-state index contributed by atoms with van der Waals surface area (Å²) < 4.78 is 26.9. The number of aromatic nitrogens is 1. The van der Waals surface area contributed by atoms with Crippen molar-refractivity contribution in [3.63, 3.8) is 0 Å². The monoisotopic (exact) mass is 285 g/mol. The van der Waals surface area contributed by atoms with Gasteiger partial charge in [0.2, 0.25) is 10.0 Å². The van der Waals surface area contributed by atoms with Gasteiger partial charge in [-0.15, -0.1) is 0 Å². The third-order valence-electron chi connectivity index (χ3n) is 3.73. The SMILES string of the molecule is Nc1ncccc1S(=O)(=O)NCC1(CO)CCCC1. The van der Waals surface area contributed by atoms with Crippen molar-refractivity contribution in [1.29, 1.82) is 0 Å². The van der Waals surface area contributed by atoms with E-state index in [0.717, 1.165) is 25.7 Å². The van der Waals surface area contributed by atoms with Gasteiger partial charge in [-0.25, -0.2) is 18.1 Å². The van der Waals surface area contributed by atoms with E-state index in [1.54, 1.807) is 0 Å². The third kappa shape index (κ3) is 3.05. The number of anilines is 1. The minimum atomic E-state index is -3.68. The number of nitrogen functional groups attached to an aromatic ring is 1. The van der Waals surface area contributed by atoms with Gasteiger partial charge in [0.15, 0.2) is 0 Å². The van der Waals surface area contributed by atoms with E-state index in [9.17, 15) is 13.5 Å². The highest BCUT2D eigenvalue weighted by atomic mass is 32.2. The van der Waals surface area contributed by atoms with Gasteiger partial charge in [-0.1, -0.05) is 12.8 Å². The average molecular weight is 285 g/mol. The van der Waals surface area contributed by atoms with E-state index in [2.05, 4.69) is 9.71 Å². The number of nitrogens with two attached hydrogens (primary N) is 1. The van der Waals surface area contributed by atoms with Gasteiger partial charge in [0.05, 0.1) is 0 Å². The molecule has 1 saturated carbocycles. The molecule has 1 heterocycles. The molecule has 0 aromatic carbocycles. The van der Waals surface area contributed by atoms with Crippen molar-refractivity contribution in [2.24, 2.45) is 5.41 Å². The van der Waals surface area contributed by atoms with E-state index in [1.807, 2.05) is 0 Å². The molecule has 1 aromatic heterocycles. The summed E-state index contributed by atoms with van der Waals surface area (Å²) in [5, 5.41) is 9.47. The number of aliphatic hydroxyl groups is 1. The van der Waals surface area contributed by atoms with Gasteiger partial charge in [0, 0.05) is 24.8 Å². The first kappa shape index (κ1) is 14.2. The largest absolute Gasteiger partial charge is 0.396 e. The molecule has 1 aromatic rings. The fraction of sp³-hybridized carbons (Fsp3) is 0.583. The number of hydrogen-bond acceptors (Lipinski definition) is 5. The lowest BCUT2D eigenvalue weighted by atomic mass is 9.88. The molecule has 1 fully saturated rings. The highest BCUT2D eigenvalue weighted by Gasteiger charge is 2.34. The van der Waals surface area contributed by atoms with Crippen LogP contribution in [0.5, 0.6) is 0 Å². The quantitative estimate of drug-likeness (QED) is 0.730. The molecule has 2 rings (SSSR count). The maximum Gasteiger partial charge on any atom is 0.244 e. The second-order valence-corrected chi connectivity index (χ2v) is 6.81. The topological polar surface area (TPSA) is 105 Å². The predicted molar refractivity (Wildman–Crippen MR) is 71.8 cm³/mol. The summed E-state index contributed by atoms with van der Waals surface area (Å²) in [5.74, 6) is -0.0144. The standard InChI is InChI=1S/C12H19N3O3S/c13-11-10(4-3-7-14-11)19(17,18)15-8-12(9-16)5-1-2-6-12/h3-4,7,15-16H,1-2,5-6,8-9H2,(H2,13,14). The molecule has 0 atom stereocenters. The number of sulfonamides is 1. The Bertz CT molecular complexity index is 539. The molecule has 106 valence electrons. The maximum atomic E-state index is 12.2. The predicted octanol–water partition coefficient (Wildman–Crippen LogP) is 0.495. The van der Waals surface area contributed by atoms with Gasteiger partial charge in [-0.3, -0.25) is 0 Å². The van der Waals surface area contributed by atoms with Crippen LogP contribution in [-0.2, 0) is 10.0 Å². The Labute approximate surface area is 113 Å². The Kier molecular flexibility index (Phi) is 4.07. The fourth-order valence-corrected chi connectivity index (χ4v) is 3.71. The Morgan fingerprint density at radius 2 is 2.11 bits per heavy atom. The molecule has 0 amide bonds. The summed E-state index contributed by atoms with van der Waals surface area (Å²) >= 11 is 0. The van der Waals surface area contributed by atoms with Crippen molar-refractivity contribution < 1.29 is 13.5 Å². The number of nitrogens with one attached hydrogen (secondary N) is 1. The number of hydrogen-bond donors (Lipinski definition) is 3. The first-order valence-electron chi connectivity index (χ1n) is 6.30. The van der Waals surface area contributed by atoms with Crippen LogP contribution in [0.25, 0.3) is 0 Å². The summed E-state index contributed by atoms with van der Waals surface area (Å²) in [4.78, 5) is 3.76. The van der Waals surface area contributed by atoms with E-state index in [4.69, 9.17) is 5.73 Å². The minimum Gasteiger partial charge on any atom is -0.396 e. The Hall–Kier alpha value is -1.18. The second-order valence-electron chi connectivity index (χ2n) is 5.08.